The summed E-state index contributed by atoms with van der Waals surface area (Å²) in [5.41, 5.74) is 0.0684. The second kappa shape index (κ2) is 6.36. The van der Waals surface area contributed by atoms with E-state index in [1.54, 1.807) is 6.33 Å². The maximum atomic E-state index is 4.39. The van der Waals surface area contributed by atoms with Gasteiger partial charge in [0, 0.05) is 19.1 Å². The van der Waals surface area contributed by atoms with Gasteiger partial charge in [-0.05, 0) is 42.6 Å². The predicted molar refractivity (Wildman–Crippen MR) is 81.3 cm³/mol. The van der Waals surface area contributed by atoms with Gasteiger partial charge in [0.1, 0.15) is 22.4 Å². The van der Waals surface area contributed by atoms with Gasteiger partial charge in [-0.2, -0.15) is 0 Å². The monoisotopic (exact) mass is 314 g/mol. The number of rotatable bonds is 6. The van der Waals surface area contributed by atoms with Crippen LogP contribution in [-0.4, -0.2) is 29.1 Å². The molecule has 0 aromatic carbocycles. The van der Waals surface area contributed by atoms with E-state index in [-0.39, 0.29) is 5.54 Å². The highest BCUT2D eigenvalue weighted by Gasteiger charge is 2.25. The van der Waals surface area contributed by atoms with Gasteiger partial charge in [-0.1, -0.05) is 13.8 Å². The fourth-order valence-corrected chi connectivity index (χ4v) is 2.10. The summed E-state index contributed by atoms with van der Waals surface area (Å²) in [6, 6.07) is 0. The van der Waals surface area contributed by atoms with Crippen molar-refractivity contribution in [2.45, 2.75) is 46.1 Å². The first-order chi connectivity index (χ1) is 8.44. The average molecular weight is 315 g/mol. The maximum Gasteiger partial charge on any atom is 0.148 e. The molecule has 0 amide bonds. The van der Waals surface area contributed by atoms with Crippen molar-refractivity contribution in [3.05, 3.63) is 10.8 Å². The zero-order valence-electron chi connectivity index (χ0n) is 11.9. The highest BCUT2D eigenvalue weighted by Crippen LogP contribution is 2.33. The van der Waals surface area contributed by atoms with Crippen molar-refractivity contribution in [2.24, 2.45) is 0 Å². The van der Waals surface area contributed by atoms with Crippen LogP contribution >= 0.6 is 15.9 Å². The minimum absolute atomic E-state index is 0.0684. The molecule has 0 fully saturated rings. The smallest absolute Gasteiger partial charge is 0.148 e. The fourth-order valence-electron chi connectivity index (χ4n) is 1.48. The van der Waals surface area contributed by atoms with E-state index >= 15 is 0 Å². The van der Waals surface area contributed by atoms with Crippen LogP contribution in [0.1, 0.15) is 40.5 Å². The molecular weight excluding hydrogens is 292 g/mol. The van der Waals surface area contributed by atoms with Gasteiger partial charge in [0.15, 0.2) is 0 Å². The van der Waals surface area contributed by atoms with Crippen LogP contribution < -0.4 is 10.2 Å². The lowest BCUT2D eigenvalue weighted by atomic mass is 10.0. The molecule has 0 unspecified atom stereocenters. The van der Waals surface area contributed by atoms with Crippen LogP contribution in [-0.2, 0) is 0 Å². The Morgan fingerprint density at radius 1 is 1.33 bits per heavy atom. The van der Waals surface area contributed by atoms with Crippen LogP contribution in [0, 0.1) is 0 Å². The number of aromatic nitrogens is 2. The molecular formula is C13H23BrN4. The van der Waals surface area contributed by atoms with E-state index in [9.17, 15) is 0 Å². The summed E-state index contributed by atoms with van der Waals surface area (Å²) in [4.78, 5) is 10.9. The minimum atomic E-state index is 0.0684. The van der Waals surface area contributed by atoms with Crippen molar-refractivity contribution in [3.8, 4) is 0 Å². The Labute approximate surface area is 118 Å². The lowest BCUT2D eigenvalue weighted by Crippen LogP contribution is -2.41. The van der Waals surface area contributed by atoms with Gasteiger partial charge in [0.05, 0.1) is 0 Å². The number of halogens is 1. The standard InChI is InChI=1S/C13H23BrN4/c1-6-8-15-11-10(14)12(17-9-16-11)18(5)13(3,4)7-2/h9H,6-8H2,1-5H3,(H,15,16,17). The fraction of sp³-hybridized carbons (Fsp3) is 0.692. The highest BCUT2D eigenvalue weighted by atomic mass is 79.9. The van der Waals surface area contributed by atoms with Gasteiger partial charge >= 0.3 is 0 Å². The van der Waals surface area contributed by atoms with E-state index in [0.717, 1.165) is 35.5 Å². The summed E-state index contributed by atoms with van der Waals surface area (Å²) in [5, 5.41) is 3.30. The van der Waals surface area contributed by atoms with E-state index in [2.05, 4.69) is 70.9 Å². The van der Waals surface area contributed by atoms with E-state index in [1.807, 2.05) is 0 Å². The zero-order valence-corrected chi connectivity index (χ0v) is 13.5. The zero-order chi connectivity index (χ0) is 13.8. The molecule has 0 spiro atoms. The third-order valence-electron chi connectivity index (χ3n) is 3.40. The van der Waals surface area contributed by atoms with Crippen LogP contribution in [0.5, 0.6) is 0 Å². The topological polar surface area (TPSA) is 41.1 Å². The number of hydrogen-bond donors (Lipinski definition) is 1. The van der Waals surface area contributed by atoms with Gasteiger partial charge in [0.25, 0.3) is 0 Å². The first kappa shape index (κ1) is 15.2. The SMILES string of the molecule is CCCNc1ncnc(N(C)C(C)(C)CC)c1Br. The second-order valence-corrected chi connectivity index (χ2v) is 5.80. The Bertz CT molecular complexity index is 393. The molecule has 0 aliphatic heterocycles. The Morgan fingerprint density at radius 2 is 2.00 bits per heavy atom. The molecule has 0 saturated heterocycles. The van der Waals surface area contributed by atoms with Crippen molar-refractivity contribution < 1.29 is 0 Å². The van der Waals surface area contributed by atoms with Crippen LogP contribution in [0.4, 0.5) is 11.6 Å². The molecule has 1 heterocycles. The molecule has 0 aliphatic carbocycles. The van der Waals surface area contributed by atoms with Crippen LogP contribution in [0.2, 0.25) is 0 Å². The molecule has 0 radical (unpaired) electrons. The van der Waals surface area contributed by atoms with Gasteiger partial charge in [-0.25, -0.2) is 9.97 Å². The van der Waals surface area contributed by atoms with Crippen LogP contribution in [0.3, 0.4) is 0 Å². The summed E-state index contributed by atoms with van der Waals surface area (Å²) < 4.78 is 0.933. The number of hydrogen-bond acceptors (Lipinski definition) is 4. The number of anilines is 2. The Balaban J connectivity index is 3.03. The third-order valence-corrected chi connectivity index (χ3v) is 4.13. The lowest BCUT2D eigenvalue weighted by molar-refractivity contribution is 0.466. The number of nitrogens with zero attached hydrogens (tertiary/aromatic N) is 3. The Morgan fingerprint density at radius 3 is 2.56 bits per heavy atom. The molecule has 0 bridgehead atoms. The Hall–Kier alpha value is -0.840. The maximum absolute atomic E-state index is 4.39. The van der Waals surface area contributed by atoms with Crippen LogP contribution in [0.25, 0.3) is 0 Å². The molecule has 0 atom stereocenters. The number of nitrogens with one attached hydrogen (secondary N) is 1. The largest absolute Gasteiger partial charge is 0.369 e. The highest BCUT2D eigenvalue weighted by molar-refractivity contribution is 9.10. The van der Waals surface area contributed by atoms with Gasteiger partial charge < -0.3 is 10.2 Å². The summed E-state index contributed by atoms with van der Waals surface area (Å²) >= 11 is 3.60. The molecule has 5 heteroatoms. The molecule has 4 nitrogen and oxygen atoms in total. The molecule has 1 rings (SSSR count). The Kier molecular flexibility index (Phi) is 5.38. The molecule has 1 aromatic rings. The first-order valence-electron chi connectivity index (χ1n) is 6.42. The van der Waals surface area contributed by atoms with E-state index < -0.39 is 0 Å². The van der Waals surface area contributed by atoms with E-state index in [0.29, 0.717) is 0 Å². The average Bonchev–Trinajstić information content (AvgIpc) is 2.36. The minimum Gasteiger partial charge on any atom is -0.369 e. The van der Waals surface area contributed by atoms with Crippen LogP contribution in [0.15, 0.2) is 10.8 Å². The normalized spacial score (nSPS) is 11.4. The van der Waals surface area contributed by atoms with E-state index in [4.69, 9.17) is 0 Å². The van der Waals surface area contributed by atoms with Crippen molar-refractivity contribution in [1.82, 2.24) is 9.97 Å². The first-order valence-corrected chi connectivity index (χ1v) is 7.21. The van der Waals surface area contributed by atoms with Crippen molar-refractivity contribution >= 4 is 27.6 Å². The van der Waals surface area contributed by atoms with Gasteiger partial charge in [0.2, 0.25) is 0 Å². The summed E-state index contributed by atoms with van der Waals surface area (Å²) in [7, 11) is 2.07. The molecule has 0 saturated carbocycles. The lowest BCUT2D eigenvalue weighted by Gasteiger charge is -2.36. The van der Waals surface area contributed by atoms with Crippen molar-refractivity contribution in [2.75, 3.05) is 23.8 Å². The summed E-state index contributed by atoms with van der Waals surface area (Å²) in [6.07, 6.45) is 3.74. The molecule has 18 heavy (non-hydrogen) atoms. The van der Waals surface area contributed by atoms with Gasteiger partial charge in [-0.15, -0.1) is 0 Å². The summed E-state index contributed by atoms with van der Waals surface area (Å²) in [6.45, 7) is 9.65. The second-order valence-electron chi connectivity index (χ2n) is 5.01. The quantitative estimate of drug-likeness (QED) is 0.869. The summed E-state index contributed by atoms with van der Waals surface area (Å²) in [5.74, 6) is 1.79. The van der Waals surface area contributed by atoms with E-state index in [1.165, 1.54) is 0 Å². The molecule has 0 aliphatic rings. The van der Waals surface area contributed by atoms with Crippen molar-refractivity contribution in [3.63, 3.8) is 0 Å². The predicted octanol–water partition coefficient (Wildman–Crippen LogP) is 3.69. The third kappa shape index (κ3) is 3.34. The molecule has 1 N–H and O–H groups in total. The molecule has 1 aromatic heterocycles. The van der Waals surface area contributed by atoms with Crippen molar-refractivity contribution in [1.29, 1.82) is 0 Å². The molecule has 102 valence electrons. The van der Waals surface area contributed by atoms with Gasteiger partial charge in [-0.3, -0.25) is 0 Å².